The van der Waals surface area contributed by atoms with E-state index in [-0.39, 0.29) is 12.4 Å². The summed E-state index contributed by atoms with van der Waals surface area (Å²) in [6, 6.07) is 7.33. The van der Waals surface area contributed by atoms with Crippen molar-refractivity contribution < 1.29 is 19.4 Å². The third-order valence-electron chi connectivity index (χ3n) is 2.29. The molecule has 0 bridgehead atoms. The van der Waals surface area contributed by atoms with E-state index in [0.717, 1.165) is 17.2 Å². The number of ether oxygens (including phenoxy) is 1. The number of rotatable bonds is 6. The first-order valence-corrected chi connectivity index (χ1v) is 5.95. The van der Waals surface area contributed by atoms with Crippen molar-refractivity contribution in [2.75, 3.05) is 6.61 Å². The molecule has 0 fully saturated rings. The van der Waals surface area contributed by atoms with Crippen molar-refractivity contribution in [1.82, 2.24) is 0 Å². The van der Waals surface area contributed by atoms with Crippen LogP contribution in [-0.4, -0.2) is 23.7 Å². The van der Waals surface area contributed by atoms with Gasteiger partial charge in [-0.25, -0.2) is 4.79 Å². The van der Waals surface area contributed by atoms with Gasteiger partial charge in [-0.1, -0.05) is 36.4 Å². The molecule has 1 aromatic rings. The minimum atomic E-state index is -0.995. The van der Waals surface area contributed by atoms with E-state index in [4.69, 9.17) is 9.84 Å². The van der Waals surface area contributed by atoms with Crippen LogP contribution in [0, 0.1) is 0 Å². The van der Waals surface area contributed by atoms with Gasteiger partial charge in [-0.15, -0.1) is 0 Å². The van der Waals surface area contributed by atoms with Crippen LogP contribution in [0.2, 0.25) is 0 Å². The summed E-state index contributed by atoms with van der Waals surface area (Å²) in [6.45, 7) is 2.12. The normalized spacial score (nSPS) is 11.0. The van der Waals surface area contributed by atoms with Crippen LogP contribution in [0.1, 0.15) is 24.5 Å². The van der Waals surface area contributed by atoms with Crippen LogP contribution in [0.5, 0.6) is 0 Å². The number of hydrogen-bond donors (Lipinski definition) is 1. The van der Waals surface area contributed by atoms with Crippen molar-refractivity contribution in [1.29, 1.82) is 0 Å². The zero-order valence-corrected chi connectivity index (χ0v) is 10.7. The van der Waals surface area contributed by atoms with Gasteiger partial charge in [0, 0.05) is 6.08 Å². The molecule has 0 amide bonds. The molecular weight excluding hydrogens is 244 g/mol. The summed E-state index contributed by atoms with van der Waals surface area (Å²) in [7, 11) is 0. The molecule has 4 heteroatoms. The zero-order chi connectivity index (χ0) is 14.1. The highest BCUT2D eigenvalue weighted by Gasteiger charge is 1.98. The molecular formula is C15H16O4. The van der Waals surface area contributed by atoms with E-state index < -0.39 is 5.97 Å². The molecule has 1 N–H and O–H groups in total. The van der Waals surface area contributed by atoms with E-state index in [0.29, 0.717) is 6.61 Å². The summed E-state index contributed by atoms with van der Waals surface area (Å²) in [6.07, 6.45) is 6.28. The first kappa shape index (κ1) is 14.7. The minimum absolute atomic E-state index is 0.199. The molecule has 0 aliphatic rings. The second kappa shape index (κ2) is 7.87. The van der Waals surface area contributed by atoms with Crippen LogP contribution in [0.4, 0.5) is 0 Å². The molecule has 0 radical (unpaired) electrons. The van der Waals surface area contributed by atoms with E-state index in [9.17, 15) is 9.59 Å². The predicted molar refractivity (Wildman–Crippen MR) is 73.4 cm³/mol. The van der Waals surface area contributed by atoms with Gasteiger partial charge in [-0.3, -0.25) is 4.79 Å². The molecule has 0 saturated carbocycles. The molecule has 0 aliphatic carbocycles. The SMILES string of the molecule is CCOC(=O)CC=Cc1ccccc1/C=C/C(=O)O. The highest BCUT2D eigenvalue weighted by Crippen LogP contribution is 2.13. The number of carboxylic acids is 1. The van der Waals surface area contributed by atoms with Gasteiger partial charge in [0.2, 0.25) is 0 Å². The van der Waals surface area contributed by atoms with Crippen molar-refractivity contribution in [3.05, 3.63) is 47.5 Å². The fourth-order valence-corrected chi connectivity index (χ4v) is 1.48. The van der Waals surface area contributed by atoms with Crippen molar-refractivity contribution in [3.8, 4) is 0 Å². The second-order valence-corrected chi connectivity index (χ2v) is 3.71. The quantitative estimate of drug-likeness (QED) is 0.631. The van der Waals surface area contributed by atoms with Crippen LogP contribution >= 0.6 is 0 Å². The van der Waals surface area contributed by atoms with E-state index in [2.05, 4.69) is 0 Å². The van der Waals surface area contributed by atoms with Crippen molar-refractivity contribution in [2.24, 2.45) is 0 Å². The summed E-state index contributed by atoms with van der Waals surface area (Å²) in [5, 5.41) is 8.61. The summed E-state index contributed by atoms with van der Waals surface area (Å²) in [4.78, 5) is 21.7. The van der Waals surface area contributed by atoms with Crippen LogP contribution in [0.15, 0.2) is 36.4 Å². The van der Waals surface area contributed by atoms with Gasteiger partial charge in [0.15, 0.2) is 0 Å². The number of carboxylic acid groups (broad SMARTS) is 1. The first-order valence-electron chi connectivity index (χ1n) is 5.95. The highest BCUT2D eigenvalue weighted by atomic mass is 16.5. The summed E-state index contributed by atoms with van der Waals surface area (Å²) < 4.78 is 4.81. The standard InChI is InChI=1S/C15H16O4/c1-2-19-15(18)9-5-8-12-6-3-4-7-13(12)10-11-14(16)17/h3-8,10-11H,2,9H2,1H3,(H,16,17)/b8-5?,11-10+. The molecule has 0 unspecified atom stereocenters. The summed E-state index contributed by atoms with van der Waals surface area (Å²) in [5.74, 6) is -1.28. The lowest BCUT2D eigenvalue weighted by Gasteiger charge is -2.00. The fourth-order valence-electron chi connectivity index (χ4n) is 1.48. The topological polar surface area (TPSA) is 63.6 Å². The molecule has 0 spiro atoms. The molecule has 0 heterocycles. The number of carbonyl (C=O) groups is 2. The molecule has 0 atom stereocenters. The Kier molecular flexibility index (Phi) is 6.09. The average molecular weight is 260 g/mol. The second-order valence-electron chi connectivity index (χ2n) is 3.71. The van der Waals surface area contributed by atoms with Gasteiger partial charge in [-0.2, -0.15) is 0 Å². The number of aliphatic carboxylic acids is 1. The third kappa shape index (κ3) is 5.68. The Hall–Kier alpha value is -2.36. The van der Waals surface area contributed by atoms with Crippen LogP contribution < -0.4 is 0 Å². The van der Waals surface area contributed by atoms with Crippen LogP contribution in [0.3, 0.4) is 0 Å². The Morgan fingerprint density at radius 2 is 1.84 bits per heavy atom. The maximum atomic E-state index is 11.2. The molecule has 100 valence electrons. The van der Waals surface area contributed by atoms with E-state index in [1.807, 2.05) is 24.3 Å². The van der Waals surface area contributed by atoms with Crippen molar-refractivity contribution in [3.63, 3.8) is 0 Å². The lowest BCUT2D eigenvalue weighted by molar-refractivity contribution is -0.142. The fraction of sp³-hybridized carbons (Fsp3) is 0.200. The van der Waals surface area contributed by atoms with Gasteiger partial charge >= 0.3 is 11.9 Å². The average Bonchev–Trinajstić information content (AvgIpc) is 2.38. The molecule has 0 saturated heterocycles. The summed E-state index contributed by atoms with van der Waals surface area (Å²) >= 11 is 0. The number of carbonyl (C=O) groups excluding carboxylic acids is 1. The lowest BCUT2D eigenvalue weighted by atomic mass is 10.1. The Balaban J connectivity index is 2.75. The number of hydrogen-bond acceptors (Lipinski definition) is 3. The van der Waals surface area contributed by atoms with Crippen molar-refractivity contribution >= 4 is 24.1 Å². The predicted octanol–water partition coefficient (Wildman–Crippen LogP) is 2.75. The summed E-state index contributed by atoms with van der Waals surface area (Å²) in [5.41, 5.74) is 1.63. The number of esters is 1. The molecule has 1 aromatic carbocycles. The highest BCUT2D eigenvalue weighted by molar-refractivity contribution is 5.86. The maximum absolute atomic E-state index is 11.2. The van der Waals surface area contributed by atoms with Gasteiger partial charge in [-0.05, 0) is 24.1 Å². The van der Waals surface area contributed by atoms with E-state index in [1.54, 1.807) is 19.1 Å². The van der Waals surface area contributed by atoms with Crippen molar-refractivity contribution in [2.45, 2.75) is 13.3 Å². The zero-order valence-electron chi connectivity index (χ0n) is 10.7. The maximum Gasteiger partial charge on any atom is 0.328 e. The number of benzene rings is 1. The molecule has 19 heavy (non-hydrogen) atoms. The minimum Gasteiger partial charge on any atom is -0.478 e. The molecule has 4 nitrogen and oxygen atoms in total. The van der Waals surface area contributed by atoms with Gasteiger partial charge in [0.05, 0.1) is 13.0 Å². The lowest BCUT2D eigenvalue weighted by Crippen LogP contribution is -2.01. The van der Waals surface area contributed by atoms with Gasteiger partial charge in [0.25, 0.3) is 0 Å². The monoisotopic (exact) mass is 260 g/mol. The van der Waals surface area contributed by atoms with E-state index in [1.165, 1.54) is 6.08 Å². The Morgan fingerprint density at radius 1 is 1.21 bits per heavy atom. The first-order chi connectivity index (χ1) is 9.13. The van der Waals surface area contributed by atoms with Gasteiger partial charge < -0.3 is 9.84 Å². The molecule has 0 aliphatic heterocycles. The van der Waals surface area contributed by atoms with Crippen LogP contribution in [0.25, 0.3) is 12.2 Å². The van der Waals surface area contributed by atoms with Crippen LogP contribution in [-0.2, 0) is 14.3 Å². The Bertz CT molecular complexity index is 501. The molecule has 0 aromatic heterocycles. The molecule has 1 rings (SSSR count). The Morgan fingerprint density at radius 3 is 2.42 bits per heavy atom. The smallest absolute Gasteiger partial charge is 0.328 e. The Labute approximate surface area is 112 Å². The van der Waals surface area contributed by atoms with E-state index >= 15 is 0 Å². The largest absolute Gasteiger partial charge is 0.478 e. The van der Waals surface area contributed by atoms with Gasteiger partial charge in [0.1, 0.15) is 0 Å². The third-order valence-corrected chi connectivity index (χ3v) is 2.29.